The molecule has 0 aromatic heterocycles. The third-order valence-electron chi connectivity index (χ3n) is 4.69. The van der Waals surface area contributed by atoms with Gasteiger partial charge in [-0.05, 0) is 55.3 Å². The second-order valence-electron chi connectivity index (χ2n) is 7.21. The molecule has 2 N–H and O–H groups in total. The Bertz CT molecular complexity index is 807. The molecule has 1 atom stereocenters. The number of methoxy groups -OCH3 is 2. The summed E-state index contributed by atoms with van der Waals surface area (Å²) in [7, 11) is 7.25. The van der Waals surface area contributed by atoms with Gasteiger partial charge in [0.25, 0.3) is 0 Å². The highest BCUT2D eigenvalue weighted by Gasteiger charge is 2.07. The molecular formula is C23H33N3O4. The second kappa shape index (κ2) is 12.0. The molecular weight excluding hydrogens is 382 g/mol. The minimum absolute atomic E-state index is 0.135. The Balaban J connectivity index is 1.69. The van der Waals surface area contributed by atoms with E-state index in [0.29, 0.717) is 18.0 Å². The van der Waals surface area contributed by atoms with E-state index in [1.54, 1.807) is 14.2 Å². The van der Waals surface area contributed by atoms with Gasteiger partial charge >= 0.3 is 0 Å². The number of aliphatic hydroxyl groups excluding tert-OH is 1. The highest BCUT2D eigenvalue weighted by atomic mass is 16.6. The molecule has 0 saturated carbocycles. The third-order valence-corrected chi connectivity index (χ3v) is 4.69. The van der Waals surface area contributed by atoms with Crippen LogP contribution in [0.2, 0.25) is 0 Å². The summed E-state index contributed by atoms with van der Waals surface area (Å²) in [4.78, 5) is 7.36. The predicted molar refractivity (Wildman–Crippen MR) is 121 cm³/mol. The molecule has 0 aliphatic carbocycles. The minimum atomic E-state index is -0.636. The first-order chi connectivity index (χ1) is 14.4. The van der Waals surface area contributed by atoms with E-state index in [1.807, 2.05) is 68.4 Å². The topological polar surface area (TPSA) is 75.5 Å². The maximum absolute atomic E-state index is 10.1. The minimum Gasteiger partial charge on any atom is -0.493 e. The molecule has 0 spiro atoms. The summed E-state index contributed by atoms with van der Waals surface area (Å²) in [5.74, 6) is 1.43. The van der Waals surface area contributed by atoms with Crippen LogP contribution >= 0.6 is 0 Å². The fourth-order valence-corrected chi connectivity index (χ4v) is 2.87. The summed E-state index contributed by atoms with van der Waals surface area (Å²) in [5.41, 5.74) is 4.02. The number of hydrogen-bond donors (Lipinski definition) is 2. The summed E-state index contributed by atoms with van der Waals surface area (Å²) in [6.07, 6.45) is 0.178. The summed E-state index contributed by atoms with van der Waals surface area (Å²) < 4.78 is 10.6. The Morgan fingerprint density at radius 1 is 1.07 bits per heavy atom. The molecule has 0 radical (unpaired) electrons. The van der Waals surface area contributed by atoms with Gasteiger partial charge in [0.2, 0.25) is 0 Å². The van der Waals surface area contributed by atoms with Crippen LogP contribution in [-0.2, 0) is 11.3 Å². The SMILES string of the molecule is COc1ccc(CCNCC(O)CON=C(C)c2ccc(N(C)C)cc2)cc1OC. The van der Waals surface area contributed by atoms with Crippen LogP contribution in [0.4, 0.5) is 5.69 Å². The number of oxime groups is 1. The van der Waals surface area contributed by atoms with Crippen molar-refractivity contribution < 1.29 is 19.4 Å². The summed E-state index contributed by atoms with van der Waals surface area (Å²) >= 11 is 0. The fraction of sp³-hybridized carbons (Fsp3) is 0.435. The zero-order chi connectivity index (χ0) is 21.9. The van der Waals surface area contributed by atoms with E-state index in [2.05, 4.69) is 10.5 Å². The molecule has 0 fully saturated rings. The van der Waals surface area contributed by atoms with Gasteiger partial charge < -0.3 is 29.6 Å². The predicted octanol–water partition coefficient (Wildman–Crippen LogP) is 2.70. The van der Waals surface area contributed by atoms with Crippen molar-refractivity contribution in [1.82, 2.24) is 5.32 Å². The van der Waals surface area contributed by atoms with Crippen molar-refractivity contribution >= 4 is 11.4 Å². The lowest BCUT2D eigenvalue weighted by Crippen LogP contribution is -2.31. The molecule has 0 amide bonds. The monoisotopic (exact) mass is 415 g/mol. The van der Waals surface area contributed by atoms with E-state index in [9.17, 15) is 5.11 Å². The van der Waals surface area contributed by atoms with Gasteiger partial charge in [0, 0.05) is 26.3 Å². The molecule has 1 unspecified atom stereocenters. The Kier molecular flexibility index (Phi) is 9.44. The number of rotatable bonds is 12. The third kappa shape index (κ3) is 7.24. The van der Waals surface area contributed by atoms with E-state index >= 15 is 0 Å². The van der Waals surface area contributed by atoms with Gasteiger partial charge in [-0.1, -0.05) is 23.4 Å². The van der Waals surface area contributed by atoms with Crippen molar-refractivity contribution in [1.29, 1.82) is 0 Å². The maximum Gasteiger partial charge on any atom is 0.160 e. The fourth-order valence-electron chi connectivity index (χ4n) is 2.87. The zero-order valence-corrected chi connectivity index (χ0v) is 18.5. The van der Waals surface area contributed by atoms with Crippen LogP contribution in [0.15, 0.2) is 47.6 Å². The van der Waals surface area contributed by atoms with Gasteiger partial charge in [-0.25, -0.2) is 0 Å². The van der Waals surface area contributed by atoms with Gasteiger partial charge in [-0.15, -0.1) is 0 Å². The molecule has 0 aliphatic heterocycles. The van der Waals surface area contributed by atoms with Gasteiger partial charge in [-0.3, -0.25) is 0 Å². The van der Waals surface area contributed by atoms with Crippen LogP contribution in [0, 0.1) is 0 Å². The summed E-state index contributed by atoms with van der Waals surface area (Å²) in [6, 6.07) is 13.9. The number of benzene rings is 2. The maximum atomic E-state index is 10.1. The average molecular weight is 416 g/mol. The van der Waals surface area contributed by atoms with Crippen LogP contribution in [0.25, 0.3) is 0 Å². The molecule has 2 rings (SSSR count). The van der Waals surface area contributed by atoms with Crippen LogP contribution in [0.3, 0.4) is 0 Å². The van der Waals surface area contributed by atoms with E-state index in [-0.39, 0.29) is 6.61 Å². The summed E-state index contributed by atoms with van der Waals surface area (Å²) in [5, 5.41) is 17.4. The number of nitrogens with zero attached hydrogens (tertiary/aromatic N) is 2. The van der Waals surface area contributed by atoms with Crippen LogP contribution in [-0.4, -0.2) is 64.9 Å². The highest BCUT2D eigenvalue weighted by molar-refractivity contribution is 5.98. The normalized spacial score (nSPS) is 12.4. The van der Waals surface area contributed by atoms with Gasteiger partial charge in [0.1, 0.15) is 12.7 Å². The molecule has 0 heterocycles. The van der Waals surface area contributed by atoms with Crippen molar-refractivity contribution in [3.63, 3.8) is 0 Å². The van der Waals surface area contributed by atoms with Crippen molar-refractivity contribution in [2.24, 2.45) is 5.16 Å². The Hall–Kier alpha value is -2.77. The molecule has 164 valence electrons. The van der Waals surface area contributed by atoms with E-state index in [4.69, 9.17) is 14.3 Å². The number of hydrogen-bond acceptors (Lipinski definition) is 7. The quantitative estimate of drug-likeness (QED) is 0.315. The number of nitrogens with one attached hydrogen (secondary N) is 1. The van der Waals surface area contributed by atoms with E-state index in [1.165, 1.54) is 0 Å². The van der Waals surface area contributed by atoms with Crippen LogP contribution < -0.4 is 19.7 Å². The molecule has 2 aromatic carbocycles. The van der Waals surface area contributed by atoms with Crippen molar-refractivity contribution in [2.75, 3.05) is 52.9 Å². The lowest BCUT2D eigenvalue weighted by atomic mass is 10.1. The smallest absolute Gasteiger partial charge is 0.160 e. The molecule has 30 heavy (non-hydrogen) atoms. The highest BCUT2D eigenvalue weighted by Crippen LogP contribution is 2.27. The number of ether oxygens (including phenoxy) is 2. The van der Waals surface area contributed by atoms with E-state index < -0.39 is 6.10 Å². The lowest BCUT2D eigenvalue weighted by molar-refractivity contribution is 0.0405. The largest absolute Gasteiger partial charge is 0.493 e. The second-order valence-corrected chi connectivity index (χ2v) is 7.21. The number of anilines is 1. The van der Waals surface area contributed by atoms with Crippen LogP contribution in [0.1, 0.15) is 18.1 Å². The van der Waals surface area contributed by atoms with E-state index in [0.717, 1.165) is 35.5 Å². The molecule has 0 aliphatic rings. The van der Waals surface area contributed by atoms with Gasteiger partial charge in [-0.2, -0.15) is 0 Å². The lowest BCUT2D eigenvalue weighted by Gasteiger charge is -2.13. The van der Waals surface area contributed by atoms with Crippen molar-refractivity contribution in [3.05, 3.63) is 53.6 Å². The Morgan fingerprint density at radius 2 is 1.77 bits per heavy atom. The van der Waals surface area contributed by atoms with Gasteiger partial charge in [0.05, 0.1) is 19.9 Å². The molecule has 7 heteroatoms. The van der Waals surface area contributed by atoms with Crippen molar-refractivity contribution in [2.45, 2.75) is 19.4 Å². The van der Waals surface area contributed by atoms with Crippen LogP contribution in [0.5, 0.6) is 11.5 Å². The molecule has 0 saturated heterocycles. The summed E-state index contributed by atoms with van der Waals surface area (Å²) in [6.45, 7) is 3.18. The first-order valence-corrected chi connectivity index (χ1v) is 9.98. The van der Waals surface area contributed by atoms with Crippen molar-refractivity contribution in [3.8, 4) is 11.5 Å². The zero-order valence-electron chi connectivity index (χ0n) is 18.5. The van der Waals surface area contributed by atoms with Gasteiger partial charge in [0.15, 0.2) is 11.5 Å². The molecule has 7 nitrogen and oxygen atoms in total. The standard InChI is InChI=1S/C23H33N3O4/c1-17(19-7-9-20(10-8-19)26(2)3)25-30-16-21(27)15-24-13-12-18-6-11-22(28-4)23(14-18)29-5/h6-11,14,21,24,27H,12-13,15-16H2,1-5H3. The first kappa shape index (κ1) is 23.5. The molecule has 0 bridgehead atoms. The molecule has 2 aromatic rings. The number of aliphatic hydroxyl groups is 1. The first-order valence-electron chi connectivity index (χ1n) is 9.98. The Labute approximate surface area is 179 Å². The average Bonchev–Trinajstić information content (AvgIpc) is 2.76. The Morgan fingerprint density at radius 3 is 2.40 bits per heavy atom.